The van der Waals surface area contributed by atoms with Crippen molar-refractivity contribution in [1.82, 2.24) is 15.0 Å². The fraction of sp³-hybridized carbons (Fsp3) is 0. The summed E-state index contributed by atoms with van der Waals surface area (Å²) in [5.74, 6) is 0.657. The largest absolute Gasteiger partial charge is 0.456 e. The summed E-state index contributed by atoms with van der Waals surface area (Å²) in [4.78, 5) is 15.0. The van der Waals surface area contributed by atoms with Crippen molar-refractivity contribution in [2.24, 2.45) is 0 Å². The average Bonchev–Trinajstić information content (AvgIpc) is 3.62. The van der Waals surface area contributed by atoms with Crippen molar-refractivity contribution in [2.45, 2.75) is 0 Å². The second-order valence-corrected chi connectivity index (χ2v) is 13.3. The van der Waals surface area contributed by atoms with Gasteiger partial charge in [0.25, 0.3) is 0 Å². The lowest BCUT2D eigenvalue weighted by molar-refractivity contribution is 0.669. The van der Waals surface area contributed by atoms with Crippen molar-refractivity contribution >= 4 is 32.7 Å². The van der Waals surface area contributed by atoms with E-state index in [1.54, 1.807) is 6.20 Å². The average molecular weight is 678 g/mol. The fourth-order valence-electron chi connectivity index (χ4n) is 7.40. The molecule has 0 aliphatic heterocycles. The summed E-state index contributed by atoms with van der Waals surface area (Å²) in [6, 6.07) is 61.4. The Kier molecular flexibility index (Phi) is 7.43. The molecule has 4 nitrogen and oxygen atoms in total. The van der Waals surface area contributed by atoms with Crippen LogP contribution in [-0.2, 0) is 0 Å². The predicted molar refractivity (Wildman–Crippen MR) is 217 cm³/mol. The smallest absolute Gasteiger partial charge is 0.161 e. The first-order valence-corrected chi connectivity index (χ1v) is 17.7. The van der Waals surface area contributed by atoms with Crippen LogP contribution in [0, 0.1) is 0 Å². The minimum atomic E-state index is 0.657. The summed E-state index contributed by atoms with van der Waals surface area (Å²) in [6.45, 7) is 0. The number of pyridine rings is 1. The molecule has 0 unspecified atom stereocenters. The molecule has 0 aliphatic carbocycles. The number of nitrogens with zero attached hydrogens (tertiary/aromatic N) is 3. The normalized spacial score (nSPS) is 11.4. The number of furan rings is 1. The second kappa shape index (κ2) is 12.9. The quantitative estimate of drug-likeness (QED) is 0.176. The zero-order valence-electron chi connectivity index (χ0n) is 28.6. The van der Waals surface area contributed by atoms with Crippen LogP contribution in [0.25, 0.3) is 100.0 Å². The minimum Gasteiger partial charge on any atom is -0.456 e. The summed E-state index contributed by atoms with van der Waals surface area (Å²) in [7, 11) is 0. The van der Waals surface area contributed by atoms with Crippen LogP contribution in [0.1, 0.15) is 0 Å². The molecule has 0 N–H and O–H groups in total. The van der Waals surface area contributed by atoms with E-state index in [4.69, 9.17) is 14.4 Å². The SMILES string of the molecule is c1ccc(-c2cc(-c3cc(-c4ccc5oc6ccccc6c5c4)cc(-c4cccc5ccccc45)c3)nc(-c3ccccc3-c3cccnc3)n2)cc1. The molecule has 0 aliphatic rings. The molecule has 248 valence electrons. The van der Waals surface area contributed by atoms with Crippen molar-refractivity contribution in [3.63, 3.8) is 0 Å². The first kappa shape index (κ1) is 30.6. The van der Waals surface area contributed by atoms with Crippen LogP contribution < -0.4 is 0 Å². The van der Waals surface area contributed by atoms with Crippen LogP contribution in [0.4, 0.5) is 0 Å². The lowest BCUT2D eigenvalue weighted by Gasteiger charge is -2.15. The summed E-state index contributed by atoms with van der Waals surface area (Å²) in [6.07, 6.45) is 3.69. The lowest BCUT2D eigenvalue weighted by atomic mass is 9.91. The van der Waals surface area contributed by atoms with Crippen LogP contribution in [0.15, 0.2) is 193 Å². The fourth-order valence-corrected chi connectivity index (χ4v) is 7.40. The number of hydrogen-bond donors (Lipinski definition) is 0. The molecule has 0 saturated heterocycles. The number of hydrogen-bond acceptors (Lipinski definition) is 4. The number of para-hydroxylation sites is 1. The van der Waals surface area contributed by atoms with E-state index in [1.165, 1.54) is 16.3 Å². The van der Waals surface area contributed by atoms with Gasteiger partial charge in [-0.1, -0.05) is 127 Å². The van der Waals surface area contributed by atoms with E-state index in [0.29, 0.717) is 5.82 Å². The number of aromatic nitrogens is 3. The predicted octanol–water partition coefficient (Wildman–Crippen LogP) is 12.9. The zero-order valence-corrected chi connectivity index (χ0v) is 28.6. The van der Waals surface area contributed by atoms with E-state index >= 15 is 0 Å². The summed E-state index contributed by atoms with van der Waals surface area (Å²) in [5, 5.41) is 4.60. The molecule has 0 atom stereocenters. The van der Waals surface area contributed by atoms with Crippen LogP contribution >= 0.6 is 0 Å². The Labute approximate surface area is 306 Å². The minimum absolute atomic E-state index is 0.657. The number of benzene rings is 7. The molecule has 53 heavy (non-hydrogen) atoms. The van der Waals surface area contributed by atoms with Crippen molar-refractivity contribution in [2.75, 3.05) is 0 Å². The molecule has 0 spiro atoms. The molecule has 10 aromatic rings. The van der Waals surface area contributed by atoms with E-state index in [1.807, 2.05) is 42.6 Å². The third-order valence-corrected chi connectivity index (χ3v) is 9.98. The zero-order chi connectivity index (χ0) is 35.1. The monoisotopic (exact) mass is 677 g/mol. The van der Waals surface area contributed by atoms with E-state index in [9.17, 15) is 0 Å². The van der Waals surface area contributed by atoms with E-state index < -0.39 is 0 Å². The van der Waals surface area contributed by atoms with Crippen molar-refractivity contribution in [1.29, 1.82) is 0 Å². The topological polar surface area (TPSA) is 51.8 Å². The maximum absolute atomic E-state index is 6.21. The standard InChI is InChI=1S/C49H31N3O/c1-2-13-33(14-3-1)45-30-46(52-49(51-45)43-20-7-6-18-40(43)35-16-11-25-50-31-35)38-27-36(26-37(28-38)41-21-10-15-32-12-4-5-17-39(32)41)34-23-24-48-44(29-34)42-19-8-9-22-47(42)53-48/h1-31H. The first-order valence-electron chi connectivity index (χ1n) is 17.7. The Morgan fingerprint density at radius 3 is 1.89 bits per heavy atom. The Balaban J connectivity index is 1.23. The van der Waals surface area contributed by atoms with Gasteiger partial charge in [-0.3, -0.25) is 4.98 Å². The molecule has 7 aromatic carbocycles. The van der Waals surface area contributed by atoms with Gasteiger partial charge in [0.05, 0.1) is 11.4 Å². The van der Waals surface area contributed by atoms with Crippen LogP contribution in [0.2, 0.25) is 0 Å². The van der Waals surface area contributed by atoms with Gasteiger partial charge < -0.3 is 4.42 Å². The highest BCUT2D eigenvalue weighted by Gasteiger charge is 2.17. The summed E-state index contributed by atoms with van der Waals surface area (Å²) in [5.41, 5.74) is 13.0. The molecule has 0 fully saturated rings. The highest BCUT2D eigenvalue weighted by atomic mass is 16.3. The lowest BCUT2D eigenvalue weighted by Crippen LogP contribution is -1.98. The molecule has 10 rings (SSSR count). The number of rotatable bonds is 6. The van der Waals surface area contributed by atoms with Crippen molar-refractivity contribution in [3.05, 3.63) is 188 Å². The van der Waals surface area contributed by atoms with E-state index in [2.05, 4.69) is 145 Å². The van der Waals surface area contributed by atoms with Gasteiger partial charge in [0.15, 0.2) is 5.82 Å². The molecule has 3 heterocycles. The van der Waals surface area contributed by atoms with E-state index in [-0.39, 0.29) is 0 Å². The molecule has 0 saturated carbocycles. The number of fused-ring (bicyclic) bond motifs is 4. The van der Waals surface area contributed by atoms with Gasteiger partial charge in [-0.25, -0.2) is 9.97 Å². The Morgan fingerprint density at radius 2 is 1.02 bits per heavy atom. The van der Waals surface area contributed by atoms with Crippen molar-refractivity contribution in [3.8, 4) is 67.3 Å². The first-order chi connectivity index (χ1) is 26.2. The van der Waals surface area contributed by atoms with Crippen LogP contribution in [0.3, 0.4) is 0 Å². The third kappa shape index (κ3) is 5.63. The van der Waals surface area contributed by atoms with Gasteiger partial charge in [0.1, 0.15) is 11.2 Å². The molecular weight excluding hydrogens is 647 g/mol. The molecule has 4 heteroatoms. The van der Waals surface area contributed by atoms with Gasteiger partial charge in [0.2, 0.25) is 0 Å². The van der Waals surface area contributed by atoms with Gasteiger partial charge >= 0.3 is 0 Å². The molecule has 3 aromatic heterocycles. The highest BCUT2D eigenvalue weighted by Crippen LogP contribution is 2.39. The summed E-state index contributed by atoms with van der Waals surface area (Å²) >= 11 is 0. The summed E-state index contributed by atoms with van der Waals surface area (Å²) < 4.78 is 6.21. The molecule has 0 amide bonds. The maximum Gasteiger partial charge on any atom is 0.161 e. The van der Waals surface area contributed by atoms with Crippen molar-refractivity contribution < 1.29 is 4.42 Å². The Morgan fingerprint density at radius 1 is 0.358 bits per heavy atom. The maximum atomic E-state index is 6.21. The molecule has 0 radical (unpaired) electrons. The second-order valence-electron chi connectivity index (χ2n) is 13.3. The van der Waals surface area contributed by atoms with Gasteiger partial charge in [0, 0.05) is 45.4 Å². The molecule has 0 bridgehead atoms. The van der Waals surface area contributed by atoms with Crippen LogP contribution in [0.5, 0.6) is 0 Å². The van der Waals surface area contributed by atoms with Gasteiger partial charge in [-0.15, -0.1) is 0 Å². The van der Waals surface area contributed by atoms with Gasteiger partial charge in [-0.05, 0) is 87.1 Å². The van der Waals surface area contributed by atoms with Crippen LogP contribution in [-0.4, -0.2) is 15.0 Å². The van der Waals surface area contributed by atoms with Gasteiger partial charge in [-0.2, -0.15) is 0 Å². The Hall–Kier alpha value is -7.17. The molecular formula is C49H31N3O. The Bertz CT molecular complexity index is 2940. The van der Waals surface area contributed by atoms with E-state index in [0.717, 1.165) is 77.8 Å². The third-order valence-electron chi connectivity index (χ3n) is 9.98. The highest BCUT2D eigenvalue weighted by molar-refractivity contribution is 6.06.